The van der Waals surface area contributed by atoms with Crippen LogP contribution in [0.5, 0.6) is 0 Å². The molecule has 0 aromatic heterocycles. The summed E-state index contributed by atoms with van der Waals surface area (Å²) in [6, 6.07) is 10.5. The summed E-state index contributed by atoms with van der Waals surface area (Å²) >= 11 is 0. The largest absolute Gasteiger partial charge is 0.537 e. The molecule has 1 aromatic carbocycles. The van der Waals surface area contributed by atoms with Gasteiger partial charge in [-0.25, -0.2) is 0 Å². The average Bonchev–Trinajstić information content (AvgIpc) is 2.34. The summed E-state index contributed by atoms with van der Waals surface area (Å²) in [4.78, 5) is 0. The highest BCUT2D eigenvalue weighted by molar-refractivity contribution is 6.84. The molecule has 0 heterocycles. The van der Waals surface area contributed by atoms with Crippen LogP contribution in [0.15, 0.2) is 47.9 Å². The third kappa shape index (κ3) is 5.50. The SMILES string of the molecule is CCC(=C=CC(C)(C)C)O[Si](C)(C)c1ccccc1. The minimum atomic E-state index is -1.88. The highest BCUT2D eigenvalue weighted by Crippen LogP contribution is 2.17. The Morgan fingerprint density at radius 1 is 1.21 bits per heavy atom. The molecule has 0 aliphatic carbocycles. The van der Waals surface area contributed by atoms with Gasteiger partial charge in [-0.05, 0) is 29.8 Å². The molecular formula is C17H26OSi. The second kappa shape index (κ2) is 6.27. The summed E-state index contributed by atoms with van der Waals surface area (Å²) in [7, 11) is -1.88. The molecule has 0 unspecified atom stereocenters. The highest BCUT2D eigenvalue weighted by Gasteiger charge is 2.27. The Hall–Kier alpha value is -1.24. The first-order chi connectivity index (χ1) is 8.74. The molecule has 0 saturated carbocycles. The zero-order valence-corrected chi connectivity index (χ0v) is 14.1. The van der Waals surface area contributed by atoms with Gasteiger partial charge < -0.3 is 4.43 Å². The van der Waals surface area contributed by atoms with E-state index in [2.05, 4.69) is 76.9 Å². The maximum Gasteiger partial charge on any atom is 0.277 e. The molecule has 0 aliphatic rings. The van der Waals surface area contributed by atoms with E-state index in [1.54, 1.807) is 0 Å². The van der Waals surface area contributed by atoms with E-state index in [9.17, 15) is 0 Å². The monoisotopic (exact) mass is 274 g/mol. The predicted molar refractivity (Wildman–Crippen MR) is 86.0 cm³/mol. The van der Waals surface area contributed by atoms with Gasteiger partial charge in [0.25, 0.3) is 8.32 Å². The number of hydrogen-bond donors (Lipinski definition) is 0. The molecule has 2 heteroatoms. The van der Waals surface area contributed by atoms with Gasteiger partial charge in [-0.2, -0.15) is 0 Å². The molecule has 0 fully saturated rings. The Bertz CT molecular complexity index is 460. The molecule has 0 atom stereocenters. The van der Waals surface area contributed by atoms with E-state index in [-0.39, 0.29) is 5.41 Å². The first kappa shape index (κ1) is 15.8. The van der Waals surface area contributed by atoms with Gasteiger partial charge in [0.2, 0.25) is 0 Å². The molecule has 0 spiro atoms. The van der Waals surface area contributed by atoms with Crippen LogP contribution in [-0.4, -0.2) is 8.32 Å². The summed E-state index contributed by atoms with van der Waals surface area (Å²) in [6.45, 7) is 13.1. The van der Waals surface area contributed by atoms with Crippen LogP contribution in [0.4, 0.5) is 0 Å². The third-order valence-corrected chi connectivity index (χ3v) is 5.32. The quantitative estimate of drug-likeness (QED) is 0.442. The summed E-state index contributed by atoms with van der Waals surface area (Å²) in [5.74, 6) is 0.968. The van der Waals surface area contributed by atoms with Crippen LogP contribution in [-0.2, 0) is 4.43 Å². The van der Waals surface area contributed by atoms with Crippen molar-refractivity contribution in [1.29, 1.82) is 0 Å². The van der Waals surface area contributed by atoms with Crippen molar-refractivity contribution in [3.05, 3.63) is 47.9 Å². The van der Waals surface area contributed by atoms with Gasteiger partial charge in [0.1, 0.15) is 5.76 Å². The van der Waals surface area contributed by atoms with Gasteiger partial charge in [0, 0.05) is 6.42 Å². The van der Waals surface area contributed by atoms with Crippen molar-refractivity contribution < 1.29 is 4.43 Å². The van der Waals surface area contributed by atoms with E-state index in [4.69, 9.17) is 4.43 Å². The van der Waals surface area contributed by atoms with Crippen LogP contribution in [0, 0.1) is 5.41 Å². The average molecular weight is 274 g/mol. The molecule has 0 bridgehead atoms. The lowest BCUT2D eigenvalue weighted by Crippen LogP contribution is -2.44. The second-order valence-corrected chi connectivity index (χ2v) is 10.2. The van der Waals surface area contributed by atoms with Gasteiger partial charge in [-0.15, -0.1) is 0 Å². The van der Waals surface area contributed by atoms with Gasteiger partial charge in [-0.1, -0.05) is 63.8 Å². The Morgan fingerprint density at radius 3 is 2.26 bits per heavy atom. The Kier molecular flexibility index (Phi) is 5.22. The molecule has 0 aliphatic heterocycles. The lowest BCUT2D eigenvalue weighted by atomic mass is 9.97. The van der Waals surface area contributed by atoms with Crippen molar-refractivity contribution in [3.63, 3.8) is 0 Å². The number of hydrogen-bond acceptors (Lipinski definition) is 1. The fourth-order valence-corrected chi connectivity index (χ4v) is 3.64. The first-order valence-corrected chi connectivity index (χ1v) is 9.87. The Labute approximate surface area is 119 Å². The van der Waals surface area contributed by atoms with E-state index < -0.39 is 8.32 Å². The molecule has 1 rings (SSSR count). The Morgan fingerprint density at radius 2 is 1.79 bits per heavy atom. The summed E-state index contributed by atoms with van der Waals surface area (Å²) in [6.07, 6.45) is 2.98. The van der Waals surface area contributed by atoms with Crippen molar-refractivity contribution in [2.45, 2.75) is 47.2 Å². The van der Waals surface area contributed by atoms with Crippen molar-refractivity contribution in [2.24, 2.45) is 5.41 Å². The highest BCUT2D eigenvalue weighted by atomic mass is 28.4. The van der Waals surface area contributed by atoms with Crippen LogP contribution < -0.4 is 5.19 Å². The van der Waals surface area contributed by atoms with Crippen molar-refractivity contribution in [3.8, 4) is 0 Å². The molecular weight excluding hydrogens is 248 g/mol. The zero-order valence-electron chi connectivity index (χ0n) is 13.1. The minimum absolute atomic E-state index is 0.141. The normalized spacial score (nSPS) is 11.7. The summed E-state index contributed by atoms with van der Waals surface area (Å²) in [5.41, 5.74) is 3.48. The smallest absolute Gasteiger partial charge is 0.277 e. The van der Waals surface area contributed by atoms with Gasteiger partial charge in [0.05, 0.1) is 0 Å². The van der Waals surface area contributed by atoms with Crippen LogP contribution in [0.3, 0.4) is 0 Å². The molecule has 0 N–H and O–H groups in total. The van der Waals surface area contributed by atoms with E-state index in [0.29, 0.717) is 0 Å². The molecule has 0 amide bonds. The van der Waals surface area contributed by atoms with E-state index in [0.717, 1.165) is 12.2 Å². The molecule has 0 radical (unpaired) electrons. The van der Waals surface area contributed by atoms with Crippen LogP contribution in [0.2, 0.25) is 13.1 Å². The fourth-order valence-electron chi connectivity index (χ4n) is 1.71. The van der Waals surface area contributed by atoms with E-state index in [1.807, 2.05) is 6.07 Å². The first-order valence-electron chi connectivity index (χ1n) is 6.96. The third-order valence-electron chi connectivity index (χ3n) is 2.83. The summed E-state index contributed by atoms with van der Waals surface area (Å²) in [5, 5.41) is 1.32. The van der Waals surface area contributed by atoms with E-state index >= 15 is 0 Å². The van der Waals surface area contributed by atoms with Crippen molar-refractivity contribution in [2.75, 3.05) is 0 Å². The number of allylic oxidation sites excluding steroid dienone is 1. The molecule has 104 valence electrons. The maximum absolute atomic E-state index is 6.28. The van der Waals surface area contributed by atoms with Gasteiger partial charge in [0.15, 0.2) is 0 Å². The lowest BCUT2D eigenvalue weighted by molar-refractivity contribution is 0.410. The molecule has 19 heavy (non-hydrogen) atoms. The van der Waals surface area contributed by atoms with Gasteiger partial charge >= 0.3 is 0 Å². The zero-order chi connectivity index (χ0) is 14.5. The minimum Gasteiger partial charge on any atom is -0.537 e. The predicted octanol–water partition coefficient (Wildman–Crippen LogP) is 4.61. The maximum atomic E-state index is 6.28. The summed E-state index contributed by atoms with van der Waals surface area (Å²) < 4.78 is 6.28. The molecule has 1 aromatic rings. The molecule has 1 nitrogen and oxygen atoms in total. The number of rotatable bonds is 4. The van der Waals surface area contributed by atoms with Crippen LogP contribution >= 0.6 is 0 Å². The standard InChI is InChI=1S/C17H26OSi/c1-7-15(13-14-17(2,3)4)18-19(5,6)16-11-9-8-10-12-16/h8-12,14H,7H2,1-6H3. The molecule has 0 saturated heterocycles. The topological polar surface area (TPSA) is 9.23 Å². The fraction of sp³-hybridized carbons (Fsp3) is 0.471. The number of benzene rings is 1. The lowest BCUT2D eigenvalue weighted by Gasteiger charge is -2.25. The van der Waals surface area contributed by atoms with Crippen molar-refractivity contribution >= 4 is 13.5 Å². The van der Waals surface area contributed by atoms with E-state index in [1.165, 1.54) is 5.19 Å². The van der Waals surface area contributed by atoms with Crippen molar-refractivity contribution in [1.82, 2.24) is 0 Å². The van der Waals surface area contributed by atoms with Crippen LogP contribution in [0.1, 0.15) is 34.1 Å². The Balaban J connectivity index is 2.96. The second-order valence-electron chi connectivity index (χ2n) is 6.41. The van der Waals surface area contributed by atoms with Gasteiger partial charge in [-0.3, -0.25) is 0 Å². The van der Waals surface area contributed by atoms with Crippen LogP contribution in [0.25, 0.3) is 0 Å².